The zero-order chi connectivity index (χ0) is 19.6. The van der Waals surface area contributed by atoms with Crippen molar-refractivity contribution in [2.24, 2.45) is 0 Å². The third-order valence-corrected chi connectivity index (χ3v) is 3.95. The van der Waals surface area contributed by atoms with Crippen molar-refractivity contribution in [2.45, 2.75) is 13.5 Å². The highest BCUT2D eigenvalue weighted by molar-refractivity contribution is 5.49. The molecule has 0 aliphatic rings. The summed E-state index contributed by atoms with van der Waals surface area (Å²) in [6.07, 6.45) is 5.26. The first-order valence-electron chi connectivity index (χ1n) is 9.17. The van der Waals surface area contributed by atoms with E-state index in [0.717, 1.165) is 22.7 Å². The third kappa shape index (κ3) is 5.46. The molecule has 0 fully saturated rings. The Labute approximate surface area is 166 Å². The van der Waals surface area contributed by atoms with Gasteiger partial charge < -0.3 is 19.5 Å². The fourth-order valence-corrected chi connectivity index (χ4v) is 2.64. The average molecular weight is 373 g/mol. The quantitative estimate of drug-likeness (QED) is 0.503. The molecule has 0 saturated carbocycles. The lowest BCUT2D eigenvalue weighted by Gasteiger charge is -2.13. The predicted octanol–water partition coefficient (Wildman–Crippen LogP) is 5.50. The molecule has 0 amide bonds. The molecule has 0 aromatic heterocycles. The van der Waals surface area contributed by atoms with Crippen molar-refractivity contribution in [2.75, 3.05) is 18.5 Å². The minimum absolute atomic E-state index is 0.217. The summed E-state index contributed by atoms with van der Waals surface area (Å²) in [6.45, 7) is 3.38. The first-order valence-corrected chi connectivity index (χ1v) is 9.17. The number of hydrogen-bond donors (Lipinski definition) is 1. The number of anilines is 1. The standard InChI is InChI=1S/C24H23NO3/c1-3-16-27-23-15-10-19(17-24(23)26-4-2)18-25-20-11-13-22(14-12-20)28-21-8-6-5-7-9-21/h1,5-15,17,25H,4,16,18H2,2H3. The number of terminal acetylenes is 1. The van der Waals surface area contributed by atoms with Crippen LogP contribution in [0.5, 0.6) is 23.0 Å². The van der Waals surface area contributed by atoms with Crippen LogP contribution < -0.4 is 19.5 Å². The van der Waals surface area contributed by atoms with E-state index in [1.807, 2.05) is 79.7 Å². The molecule has 28 heavy (non-hydrogen) atoms. The van der Waals surface area contributed by atoms with E-state index in [0.29, 0.717) is 24.7 Å². The Morgan fingerprint density at radius 3 is 2.32 bits per heavy atom. The number of ether oxygens (including phenoxy) is 3. The second kappa shape index (κ2) is 9.94. The van der Waals surface area contributed by atoms with E-state index in [4.69, 9.17) is 20.6 Å². The lowest BCUT2D eigenvalue weighted by Crippen LogP contribution is -2.03. The third-order valence-electron chi connectivity index (χ3n) is 3.95. The smallest absolute Gasteiger partial charge is 0.162 e. The molecular weight excluding hydrogens is 350 g/mol. The highest BCUT2D eigenvalue weighted by Gasteiger charge is 2.06. The number of rotatable bonds is 9. The van der Waals surface area contributed by atoms with Crippen LogP contribution >= 0.6 is 0 Å². The Morgan fingerprint density at radius 1 is 0.857 bits per heavy atom. The molecule has 0 aliphatic carbocycles. The molecule has 0 radical (unpaired) electrons. The van der Waals surface area contributed by atoms with Crippen LogP contribution in [0.15, 0.2) is 72.8 Å². The van der Waals surface area contributed by atoms with Crippen molar-refractivity contribution < 1.29 is 14.2 Å². The first-order chi connectivity index (χ1) is 13.8. The van der Waals surface area contributed by atoms with Crippen LogP contribution in [-0.4, -0.2) is 13.2 Å². The van der Waals surface area contributed by atoms with Crippen molar-refractivity contribution in [3.05, 3.63) is 78.4 Å². The van der Waals surface area contributed by atoms with Crippen molar-refractivity contribution in [3.63, 3.8) is 0 Å². The van der Waals surface area contributed by atoms with Gasteiger partial charge in [0, 0.05) is 12.2 Å². The van der Waals surface area contributed by atoms with Crippen LogP contribution in [0.4, 0.5) is 5.69 Å². The van der Waals surface area contributed by atoms with Gasteiger partial charge in [-0.05, 0) is 61.0 Å². The zero-order valence-corrected chi connectivity index (χ0v) is 15.9. The second-order valence-electron chi connectivity index (χ2n) is 6.00. The molecule has 4 heteroatoms. The maximum absolute atomic E-state index is 5.81. The summed E-state index contributed by atoms with van der Waals surface area (Å²) in [5.41, 5.74) is 2.09. The second-order valence-corrected chi connectivity index (χ2v) is 6.00. The molecule has 0 heterocycles. The molecule has 4 nitrogen and oxygen atoms in total. The van der Waals surface area contributed by atoms with Gasteiger partial charge in [-0.1, -0.05) is 30.2 Å². The van der Waals surface area contributed by atoms with Crippen molar-refractivity contribution in [3.8, 4) is 35.3 Å². The van der Waals surface area contributed by atoms with Gasteiger partial charge in [0.2, 0.25) is 0 Å². The maximum Gasteiger partial charge on any atom is 0.162 e. The van der Waals surface area contributed by atoms with Crippen molar-refractivity contribution in [1.29, 1.82) is 0 Å². The van der Waals surface area contributed by atoms with Gasteiger partial charge in [-0.3, -0.25) is 0 Å². The van der Waals surface area contributed by atoms with E-state index in [1.165, 1.54) is 0 Å². The Bertz CT molecular complexity index is 915. The fraction of sp³-hybridized carbons (Fsp3) is 0.167. The van der Waals surface area contributed by atoms with E-state index in [2.05, 4.69) is 11.2 Å². The molecule has 3 aromatic rings. The van der Waals surface area contributed by atoms with Crippen LogP contribution in [0.3, 0.4) is 0 Å². The minimum atomic E-state index is 0.217. The summed E-state index contributed by atoms with van der Waals surface area (Å²) in [6, 6.07) is 23.4. The summed E-state index contributed by atoms with van der Waals surface area (Å²) in [4.78, 5) is 0. The predicted molar refractivity (Wildman–Crippen MR) is 112 cm³/mol. The zero-order valence-electron chi connectivity index (χ0n) is 15.9. The van der Waals surface area contributed by atoms with Crippen molar-refractivity contribution in [1.82, 2.24) is 0 Å². The van der Waals surface area contributed by atoms with Gasteiger partial charge in [0.1, 0.15) is 18.1 Å². The molecule has 1 N–H and O–H groups in total. The number of nitrogens with one attached hydrogen (secondary N) is 1. The summed E-state index contributed by atoms with van der Waals surface area (Å²) in [5.74, 6) is 5.44. The lowest BCUT2D eigenvalue weighted by atomic mass is 10.2. The summed E-state index contributed by atoms with van der Waals surface area (Å²) >= 11 is 0. The van der Waals surface area contributed by atoms with Gasteiger partial charge in [0.15, 0.2) is 11.5 Å². The molecule has 142 valence electrons. The summed E-state index contributed by atoms with van der Waals surface area (Å²) < 4.78 is 17.0. The van der Waals surface area contributed by atoms with Gasteiger partial charge in [-0.25, -0.2) is 0 Å². The van der Waals surface area contributed by atoms with E-state index >= 15 is 0 Å². The molecule has 0 atom stereocenters. The highest BCUT2D eigenvalue weighted by Crippen LogP contribution is 2.29. The van der Waals surface area contributed by atoms with Gasteiger partial charge in [0.05, 0.1) is 6.61 Å². The van der Waals surface area contributed by atoms with E-state index in [-0.39, 0.29) is 6.61 Å². The fourth-order valence-electron chi connectivity index (χ4n) is 2.64. The number of para-hydroxylation sites is 1. The summed E-state index contributed by atoms with van der Waals surface area (Å²) in [5, 5.41) is 3.40. The molecule has 0 spiro atoms. The summed E-state index contributed by atoms with van der Waals surface area (Å²) in [7, 11) is 0. The largest absolute Gasteiger partial charge is 0.490 e. The Balaban J connectivity index is 1.60. The average Bonchev–Trinajstić information content (AvgIpc) is 2.73. The molecule has 3 aromatic carbocycles. The Hall–Kier alpha value is -3.58. The Morgan fingerprint density at radius 2 is 1.61 bits per heavy atom. The normalized spacial score (nSPS) is 10.0. The molecular formula is C24H23NO3. The van der Waals surface area contributed by atoms with Gasteiger partial charge >= 0.3 is 0 Å². The van der Waals surface area contributed by atoms with Crippen LogP contribution in [0, 0.1) is 12.3 Å². The van der Waals surface area contributed by atoms with Crippen LogP contribution in [-0.2, 0) is 6.54 Å². The molecule has 0 unspecified atom stereocenters. The number of benzene rings is 3. The van der Waals surface area contributed by atoms with Crippen LogP contribution in [0.2, 0.25) is 0 Å². The van der Waals surface area contributed by atoms with E-state index in [9.17, 15) is 0 Å². The number of hydrogen-bond acceptors (Lipinski definition) is 4. The molecule has 3 rings (SSSR count). The maximum atomic E-state index is 5.81. The molecule has 0 bridgehead atoms. The molecule has 0 aliphatic heterocycles. The van der Waals surface area contributed by atoms with Crippen LogP contribution in [0.25, 0.3) is 0 Å². The van der Waals surface area contributed by atoms with Crippen LogP contribution in [0.1, 0.15) is 12.5 Å². The van der Waals surface area contributed by atoms with Crippen molar-refractivity contribution >= 4 is 5.69 Å². The topological polar surface area (TPSA) is 39.7 Å². The molecule has 0 saturated heterocycles. The van der Waals surface area contributed by atoms with Gasteiger partial charge in [0.25, 0.3) is 0 Å². The monoisotopic (exact) mass is 373 g/mol. The SMILES string of the molecule is C#CCOc1ccc(CNc2ccc(Oc3ccccc3)cc2)cc1OCC. The minimum Gasteiger partial charge on any atom is -0.490 e. The van der Waals surface area contributed by atoms with E-state index < -0.39 is 0 Å². The van der Waals surface area contributed by atoms with Gasteiger partial charge in [-0.15, -0.1) is 6.42 Å². The highest BCUT2D eigenvalue weighted by atomic mass is 16.5. The van der Waals surface area contributed by atoms with E-state index in [1.54, 1.807) is 0 Å². The first kappa shape index (κ1) is 19.2. The lowest BCUT2D eigenvalue weighted by molar-refractivity contribution is 0.299. The Kier molecular flexibility index (Phi) is 6.81. The van der Waals surface area contributed by atoms with Gasteiger partial charge in [-0.2, -0.15) is 0 Å².